The van der Waals surface area contributed by atoms with Gasteiger partial charge in [-0.05, 0) is 42.0 Å². The summed E-state index contributed by atoms with van der Waals surface area (Å²) >= 11 is 17.3. The van der Waals surface area contributed by atoms with Crippen molar-refractivity contribution in [3.63, 3.8) is 0 Å². The average Bonchev–Trinajstić information content (AvgIpc) is 3.20. The van der Waals surface area contributed by atoms with E-state index in [1.165, 1.54) is 0 Å². The molecule has 5 nitrogen and oxygen atoms in total. The second kappa shape index (κ2) is 7.70. The SMILES string of the molecule is S=C(NCc1ccco1)Nc1ccn(Cc2ccc(Cl)cc2Cl)n1. The summed E-state index contributed by atoms with van der Waals surface area (Å²) < 4.78 is 7.00. The molecule has 0 saturated carbocycles. The van der Waals surface area contributed by atoms with E-state index in [9.17, 15) is 0 Å². The third-order valence-corrected chi connectivity index (χ3v) is 4.07. The molecule has 2 aromatic heterocycles. The molecule has 0 amide bonds. The Hall–Kier alpha value is -2.02. The van der Waals surface area contributed by atoms with Crippen LogP contribution in [0.25, 0.3) is 0 Å². The van der Waals surface area contributed by atoms with E-state index in [4.69, 9.17) is 39.8 Å². The first-order valence-corrected chi connectivity index (χ1v) is 8.31. The van der Waals surface area contributed by atoms with Crippen molar-refractivity contribution in [3.05, 3.63) is 70.2 Å². The van der Waals surface area contributed by atoms with E-state index >= 15 is 0 Å². The molecule has 0 atom stereocenters. The van der Waals surface area contributed by atoms with Gasteiger partial charge in [-0.25, -0.2) is 0 Å². The largest absolute Gasteiger partial charge is 0.467 e. The number of nitrogens with one attached hydrogen (secondary N) is 2. The van der Waals surface area contributed by atoms with Gasteiger partial charge in [-0.3, -0.25) is 4.68 Å². The lowest BCUT2D eigenvalue weighted by Gasteiger charge is -2.07. The van der Waals surface area contributed by atoms with E-state index in [1.807, 2.05) is 30.5 Å². The zero-order chi connectivity index (χ0) is 16.9. The summed E-state index contributed by atoms with van der Waals surface area (Å²) in [6.45, 7) is 1.06. The molecular formula is C16H14Cl2N4OS. The van der Waals surface area contributed by atoms with E-state index in [2.05, 4.69) is 15.7 Å². The highest BCUT2D eigenvalue weighted by molar-refractivity contribution is 7.80. The molecule has 3 aromatic rings. The van der Waals surface area contributed by atoms with Crippen LogP contribution in [-0.4, -0.2) is 14.9 Å². The predicted molar refractivity (Wildman–Crippen MR) is 99.6 cm³/mol. The number of benzene rings is 1. The Kier molecular flexibility index (Phi) is 5.40. The summed E-state index contributed by atoms with van der Waals surface area (Å²) in [4.78, 5) is 0. The van der Waals surface area contributed by atoms with Crippen LogP contribution < -0.4 is 10.6 Å². The monoisotopic (exact) mass is 380 g/mol. The molecule has 1 aromatic carbocycles. The molecule has 0 aliphatic carbocycles. The number of rotatable bonds is 5. The van der Waals surface area contributed by atoms with Crippen LogP contribution in [0.4, 0.5) is 5.82 Å². The number of hydrogen-bond acceptors (Lipinski definition) is 3. The van der Waals surface area contributed by atoms with Crippen molar-refractivity contribution in [3.8, 4) is 0 Å². The number of nitrogens with zero attached hydrogens (tertiary/aromatic N) is 2. The van der Waals surface area contributed by atoms with Crippen LogP contribution >= 0.6 is 35.4 Å². The predicted octanol–water partition coefficient (Wildman–Crippen LogP) is 4.32. The lowest BCUT2D eigenvalue weighted by atomic mass is 10.2. The van der Waals surface area contributed by atoms with Gasteiger partial charge in [-0.2, -0.15) is 5.10 Å². The Balaban J connectivity index is 1.56. The minimum Gasteiger partial charge on any atom is -0.467 e. The molecule has 0 spiro atoms. The number of furan rings is 1. The minimum atomic E-state index is 0.473. The topological polar surface area (TPSA) is 55.0 Å². The zero-order valence-electron chi connectivity index (χ0n) is 12.5. The quantitative estimate of drug-likeness (QED) is 0.645. The van der Waals surface area contributed by atoms with Crippen LogP contribution in [0.15, 0.2) is 53.3 Å². The Morgan fingerprint density at radius 2 is 2.12 bits per heavy atom. The summed E-state index contributed by atoms with van der Waals surface area (Å²) in [5, 5.41) is 12.2. The fourth-order valence-electron chi connectivity index (χ4n) is 2.08. The molecule has 3 rings (SSSR count). The first kappa shape index (κ1) is 16.8. The second-order valence-corrected chi connectivity index (χ2v) is 6.27. The molecule has 2 N–H and O–H groups in total. The fraction of sp³-hybridized carbons (Fsp3) is 0.125. The van der Waals surface area contributed by atoms with Crippen LogP contribution in [0.5, 0.6) is 0 Å². The summed E-state index contributed by atoms with van der Waals surface area (Å²) in [6, 6.07) is 10.9. The van der Waals surface area contributed by atoms with Gasteiger partial charge in [-0.1, -0.05) is 29.3 Å². The van der Waals surface area contributed by atoms with Crippen LogP contribution in [0.2, 0.25) is 10.0 Å². The minimum absolute atomic E-state index is 0.473. The molecule has 0 fully saturated rings. The fourth-order valence-corrected chi connectivity index (χ4v) is 2.73. The highest BCUT2D eigenvalue weighted by atomic mass is 35.5. The third kappa shape index (κ3) is 4.50. The molecule has 0 saturated heterocycles. The lowest BCUT2D eigenvalue weighted by molar-refractivity contribution is 0.503. The van der Waals surface area contributed by atoms with E-state index in [0.29, 0.717) is 34.1 Å². The van der Waals surface area contributed by atoms with Crippen molar-refractivity contribution >= 4 is 46.4 Å². The first-order chi connectivity index (χ1) is 11.6. The summed E-state index contributed by atoms with van der Waals surface area (Å²) in [7, 11) is 0. The van der Waals surface area contributed by atoms with Crippen molar-refractivity contribution < 1.29 is 4.42 Å². The van der Waals surface area contributed by atoms with Gasteiger partial charge in [0.05, 0.1) is 19.4 Å². The molecule has 0 unspecified atom stereocenters. The van der Waals surface area contributed by atoms with Gasteiger partial charge in [0, 0.05) is 22.3 Å². The average molecular weight is 381 g/mol. The highest BCUT2D eigenvalue weighted by Crippen LogP contribution is 2.21. The van der Waals surface area contributed by atoms with Gasteiger partial charge in [0.15, 0.2) is 10.9 Å². The standard InChI is InChI=1S/C16H14Cl2N4OS/c17-12-4-3-11(14(18)8-12)10-22-6-5-15(21-22)20-16(24)19-9-13-2-1-7-23-13/h1-8H,9-10H2,(H2,19,20,21,24). The molecule has 24 heavy (non-hydrogen) atoms. The molecule has 0 aliphatic heterocycles. The van der Waals surface area contributed by atoms with Crippen molar-refractivity contribution in [1.29, 1.82) is 0 Å². The Morgan fingerprint density at radius 1 is 1.25 bits per heavy atom. The third-order valence-electron chi connectivity index (χ3n) is 3.23. The molecule has 2 heterocycles. The number of anilines is 1. The molecule has 8 heteroatoms. The smallest absolute Gasteiger partial charge is 0.172 e. The van der Waals surface area contributed by atoms with E-state index < -0.39 is 0 Å². The van der Waals surface area contributed by atoms with Crippen molar-refractivity contribution in [2.75, 3.05) is 5.32 Å². The van der Waals surface area contributed by atoms with Crippen LogP contribution in [-0.2, 0) is 13.1 Å². The van der Waals surface area contributed by atoms with Crippen molar-refractivity contribution in [2.45, 2.75) is 13.1 Å². The molecule has 0 bridgehead atoms. The molecular weight excluding hydrogens is 367 g/mol. The van der Waals surface area contributed by atoms with Gasteiger partial charge >= 0.3 is 0 Å². The van der Waals surface area contributed by atoms with Gasteiger partial charge in [0.1, 0.15) is 5.76 Å². The van der Waals surface area contributed by atoms with Crippen LogP contribution in [0.1, 0.15) is 11.3 Å². The van der Waals surface area contributed by atoms with Crippen LogP contribution in [0, 0.1) is 0 Å². The van der Waals surface area contributed by atoms with Crippen LogP contribution in [0.3, 0.4) is 0 Å². The van der Waals surface area contributed by atoms with Crippen molar-refractivity contribution in [2.24, 2.45) is 0 Å². The van der Waals surface area contributed by atoms with Gasteiger partial charge in [0.25, 0.3) is 0 Å². The summed E-state index contributed by atoms with van der Waals surface area (Å²) in [5.41, 5.74) is 0.939. The molecule has 124 valence electrons. The second-order valence-electron chi connectivity index (χ2n) is 5.02. The maximum atomic E-state index is 6.18. The number of thiocarbonyl (C=S) groups is 1. The Morgan fingerprint density at radius 3 is 2.88 bits per heavy atom. The summed E-state index contributed by atoms with van der Waals surface area (Å²) in [6.07, 6.45) is 3.47. The maximum Gasteiger partial charge on any atom is 0.172 e. The van der Waals surface area contributed by atoms with E-state index in [-0.39, 0.29) is 0 Å². The van der Waals surface area contributed by atoms with Gasteiger partial charge in [0.2, 0.25) is 0 Å². The number of aromatic nitrogens is 2. The Bertz CT molecular complexity index is 832. The Labute approximate surface area is 154 Å². The molecule has 0 radical (unpaired) electrons. The zero-order valence-corrected chi connectivity index (χ0v) is 14.8. The first-order valence-electron chi connectivity index (χ1n) is 7.15. The van der Waals surface area contributed by atoms with Crippen molar-refractivity contribution in [1.82, 2.24) is 15.1 Å². The summed E-state index contributed by atoms with van der Waals surface area (Å²) in [5.74, 6) is 1.46. The van der Waals surface area contributed by atoms with E-state index in [1.54, 1.807) is 23.1 Å². The normalized spacial score (nSPS) is 10.6. The number of halogens is 2. The lowest BCUT2D eigenvalue weighted by Crippen LogP contribution is -2.27. The maximum absolute atomic E-state index is 6.18. The van der Waals surface area contributed by atoms with E-state index in [0.717, 1.165) is 11.3 Å². The van der Waals surface area contributed by atoms with Gasteiger partial charge in [-0.15, -0.1) is 0 Å². The highest BCUT2D eigenvalue weighted by Gasteiger charge is 2.06. The number of hydrogen-bond donors (Lipinski definition) is 2. The van der Waals surface area contributed by atoms with Gasteiger partial charge < -0.3 is 15.1 Å². The molecule has 0 aliphatic rings.